The lowest BCUT2D eigenvalue weighted by molar-refractivity contribution is 0.130. The molecule has 7 nitrogen and oxygen atoms in total. The molecular weight excluding hydrogens is 244 g/mol. The Morgan fingerprint density at radius 1 is 1.53 bits per heavy atom. The highest BCUT2D eigenvalue weighted by molar-refractivity contribution is 7.89. The Bertz CT molecular complexity index is 404. The Kier molecular flexibility index (Phi) is 5.56. The molecule has 0 aliphatic carbocycles. The van der Waals surface area contributed by atoms with Crippen molar-refractivity contribution < 1.29 is 13.2 Å². The normalized spacial score (nSPS) is 12.2. The molecule has 0 spiro atoms. The van der Waals surface area contributed by atoms with Crippen molar-refractivity contribution in [3.05, 3.63) is 12.4 Å². The summed E-state index contributed by atoms with van der Waals surface area (Å²) in [4.78, 5) is 0.165. The molecule has 8 heteroatoms. The summed E-state index contributed by atoms with van der Waals surface area (Å²) in [5, 5.41) is 6.12. The largest absolute Gasteiger partial charge is 0.379 e. The van der Waals surface area contributed by atoms with Gasteiger partial charge in [0.15, 0.2) is 0 Å². The second kappa shape index (κ2) is 6.70. The van der Waals surface area contributed by atoms with E-state index in [1.54, 1.807) is 6.92 Å². The highest BCUT2D eigenvalue weighted by Gasteiger charge is 2.23. The van der Waals surface area contributed by atoms with E-state index in [1.165, 1.54) is 16.7 Å². The molecule has 0 bridgehead atoms. The number of aromatic amines is 1. The second-order valence-corrected chi connectivity index (χ2v) is 5.27. The molecule has 0 amide bonds. The standard InChI is InChI=1S/C9H18N4O3S/c1-2-13(4-6-16-5-3-10)17(14,15)9-7-11-12-8-9/h7-8H,2-6,10H2,1H3,(H,11,12). The summed E-state index contributed by atoms with van der Waals surface area (Å²) in [6, 6.07) is 0. The molecular formula is C9H18N4O3S. The SMILES string of the molecule is CCN(CCOCCN)S(=O)(=O)c1cn[nH]c1. The van der Waals surface area contributed by atoms with E-state index in [2.05, 4.69) is 10.2 Å². The first-order chi connectivity index (χ1) is 8.12. The van der Waals surface area contributed by atoms with Gasteiger partial charge in [-0.3, -0.25) is 5.10 Å². The molecule has 0 radical (unpaired) electrons. The fraction of sp³-hybridized carbons (Fsp3) is 0.667. The summed E-state index contributed by atoms with van der Waals surface area (Å²) in [7, 11) is -3.47. The van der Waals surface area contributed by atoms with Gasteiger partial charge in [0.25, 0.3) is 0 Å². The van der Waals surface area contributed by atoms with Gasteiger partial charge in [-0.15, -0.1) is 0 Å². The minimum absolute atomic E-state index is 0.165. The van der Waals surface area contributed by atoms with Crippen molar-refractivity contribution in [2.75, 3.05) is 32.8 Å². The van der Waals surface area contributed by atoms with Gasteiger partial charge in [-0.05, 0) is 0 Å². The Hall–Kier alpha value is -0.960. The van der Waals surface area contributed by atoms with E-state index in [4.69, 9.17) is 10.5 Å². The molecule has 0 fully saturated rings. The molecule has 1 heterocycles. The van der Waals surface area contributed by atoms with Crippen LogP contribution in [0, 0.1) is 0 Å². The highest BCUT2D eigenvalue weighted by Crippen LogP contribution is 2.12. The summed E-state index contributed by atoms with van der Waals surface area (Å²) in [5.41, 5.74) is 5.27. The minimum atomic E-state index is -3.47. The highest BCUT2D eigenvalue weighted by atomic mass is 32.2. The average Bonchev–Trinajstić information content (AvgIpc) is 2.83. The van der Waals surface area contributed by atoms with Gasteiger partial charge in [0.2, 0.25) is 10.0 Å². The summed E-state index contributed by atoms with van der Waals surface area (Å²) in [5.74, 6) is 0. The van der Waals surface area contributed by atoms with Gasteiger partial charge in [-0.1, -0.05) is 6.92 Å². The maximum Gasteiger partial charge on any atom is 0.246 e. The number of ether oxygens (including phenoxy) is 1. The predicted molar refractivity (Wildman–Crippen MR) is 62.9 cm³/mol. The molecule has 0 aliphatic heterocycles. The summed E-state index contributed by atoms with van der Waals surface area (Å²) >= 11 is 0. The number of hydrogen-bond donors (Lipinski definition) is 2. The lowest BCUT2D eigenvalue weighted by atomic mass is 10.6. The van der Waals surface area contributed by atoms with E-state index in [0.717, 1.165) is 0 Å². The Morgan fingerprint density at radius 2 is 2.29 bits per heavy atom. The number of nitrogens with one attached hydrogen (secondary N) is 1. The number of nitrogens with two attached hydrogens (primary N) is 1. The van der Waals surface area contributed by atoms with Gasteiger partial charge in [0.05, 0.1) is 19.4 Å². The fourth-order valence-corrected chi connectivity index (χ4v) is 2.67. The van der Waals surface area contributed by atoms with Crippen LogP contribution in [0.2, 0.25) is 0 Å². The maximum absolute atomic E-state index is 12.1. The van der Waals surface area contributed by atoms with Crippen molar-refractivity contribution in [1.29, 1.82) is 0 Å². The molecule has 0 unspecified atom stereocenters. The first kappa shape index (κ1) is 14.1. The Morgan fingerprint density at radius 3 is 2.82 bits per heavy atom. The van der Waals surface area contributed by atoms with Crippen molar-refractivity contribution >= 4 is 10.0 Å². The van der Waals surface area contributed by atoms with E-state index in [9.17, 15) is 8.42 Å². The molecule has 3 N–H and O–H groups in total. The van der Waals surface area contributed by atoms with Crippen molar-refractivity contribution in [2.24, 2.45) is 5.73 Å². The van der Waals surface area contributed by atoms with Crippen LogP contribution in [-0.2, 0) is 14.8 Å². The summed E-state index contributed by atoms with van der Waals surface area (Å²) in [6.45, 7) is 3.68. The van der Waals surface area contributed by atoms with Crippen molar-refractivity contribution in [3.63, 3.8) is 0 Å². The number of likely N-dealkylation sites (N-methyl/N-ethyl adjacent to an activating group) is 1. The van der Waals surface area contributed by atoms with E-state index in [-0.39, 0.29) is 4.90 Å². The van der Waals surface area contributed by atoms with E-state index >= 15 is 0 Å². The van der Waals surface area contributed by atoms with Gasteiger partial charge in [-0.2, -0.15) is 9.40 Å². The number of aromatic nitrogens is 2. The lowest BCUT2D eigenvalue weighted by Gasteiger charge is -2.19. The van der Waals surface area contributed by atoms with Gasteiger partial charge >= 0.3 is 0 Å². The lowest BCUT2D eigenvalue weighted by Crippen LogP contribution is -2.34. The molecule has 1 aromatic rings. The van der Waals surface area contributed by atoms with E-state index in [0.29, 0.717) is 32.8 Å². The molecule has 98 valence electrons. The Balaban J connectivity index is 2.61. The van der Waals surface area contributed by atoms with Crippen molar-refractivity contribution in [2.45, 2.75) is 11.8 Å². The predicted octanol–water partition coefficient (Wildman–Crippen LogP) is -0.604. The monoisotopic (exact) mass is 262 g/mol. The molecule has 1 aromatic heterocycles. The van der Waals surface area contributed by atoms with Crippen LogP contribution in [0.15, 0.2) is 17.3 Å². The molecule has 0 aromatic carbocycles. The third kappa shape index (κ3) is 3.77. The number of nitrogens with zero attached hydrogens (tertiary/aromatic N) is 2. The zero-order valence-corrected chi connectivity index (χ0v) is 10.6. The maximum atomic E-state index is 12.1. The van der Waals surface area contributed by atoms with Crippen LogP contribution in [0.1, 0.15) is 6.92 Å². The van der Waals surface area contributed by atoms with Crippen molar-refractivity contribution in [3.8, 4) is 0 Å². The molecule has 0 saturated carbocycles. The van der Waals surface area contributed by atoms with Crippen LogP contribution in [0.3, 0.4) is 0 Å². The zero-order chi connectivity index (χ0) is 12.7. The van der Waals surface area contributed by atoms with Crippen LogP contribution in [0.4, 0.5) is 0 Å². The van der Waals surface area contributed by atoms with Crippen LogP contribution < -0.4 is 5.73 Å². The fourth-order valence-electron chi connectivity index (χ4n) is 1.33. The molecule has 0 aliphatic rings. The molecule has 1 rings (SSSR count). The van der Waals surface area contributed by atoms with Crippen LogP contribution in [0.25, 0.3) is 0 Å². The molecule has 0 saturated heterocycles. The van der Waals surface area contributed by atoms with Crippen LogP contribution >= 0.6 is 0 Å². The summed E-state index contributed by atoms with van der Waals surface area (Å²) < 4.78 is 30.7. The smallest absolute Gasteiger partial charge is 0.246 e. The number of hydrogen-bond acceptors (Lipinski definition) is 5. The number of rotatable bonds is 8. The van der Waals surface area contributed by atoms with Gasteiger partial charge < -0.3 is 10.5 Å². The molecule has 17 heavy (non-hydrogen) atoms. The quantitative estimate of drug-likeness (QED) is 0.609. The zero-order valence-electron chi connectivity index (χ0n) is 9.80. The third-order valence-electron chi connectivity index (χ3n) is 2.21. The number of sulfonamides is 1. The van der Waals surface area contributed by atoms with E-state index in [1.807, 2.05) is 0 Å². The minimum Gasteiger partial charge on any atom is -0.379 e. The summed E-state index contributed by atoms with van der Waals surface area (Å²) in [6.07, 6.45) is 2.65. The van der Waals surface area contributed by atoms with Gasteiger partial charge in [0.1, 0.15) is 4.90 Å². The van der Waals surface area contributed by atoms with Crippen LogP contribution in [-0.4, -0.2) is 55.8 Å². The van der Waals surface area contributed by atoms with E-state index < -0.39 is 10.0 Å². The third-order valence-corrected chi connectivity index (χ3v) is 4.15. The Labute approximate surface area is 101 Å². The molecule has 0 atom stereocenters. The topological polar surface area (TPSA) is 101 Å². The first-order valence-corrected chi connectivity index (χ1v) is 6.83. The average molecular weight is 262 g/mol. The van der Waals surface area contributed by atoms with Crippen molar-refractivity contribution in [1.82, 2.24) is 14.5 Å². The number of H-pyrrole nitrogens is 1. The van der Waals surface area contributed by atoms with Gasteiger partial charge in [-0.25, -0.2) is 8.42 Å². The first-order valence-electron chi connectivity index (χ1n) is 5.39. The second-order valence-electron chi connectivity index (χ2n) is 3.33. The van der Waals surface area contributed by atoms with Gasteiger partial charge in [0, 0.05) is 25.8 Å². The van der Waals surface area contributed by atoms with Crippen LogP contribution in [0.5, 0.6) is 0 Å².